The highest BCUT2D eigenvalue weighted by atomic mass is 35.5. The van der Waals surface area contributed by atoms with Crippen molar-refractivity contribution in [2.24, 2.45) is 7.05 Å². The molecule has 4 rings (SSSR count). The summed E-state index contributed by atoms with van der Waals surface area (Å²) in [5.41, 5.74) is 5.05. The first kappa shape index (κ1) is 18.2. The minimum absolute atomic E-state index is 0.654. The van der Waals surface area contributed by atoms with Gasteiger partial charge in [-0.3, -0.25) is 4.68 Å². The number of rotatable bonds is 4. The van der Waals surface area contributed by atoms with E-state index in [-0.39, 0.29) is 0 Å². The van der Waals surface area contributed by atoms with Gasteiger partial charge in [0.1, 0.15) is 12.1 Å². The van der Waals surface area contributed by atoms with Gasteiger partial charge in [0.2, 0.25) is 0 Å². The topological polar surface area (TPSA) is 73.5 Å². The highest BCUT2D eigenvalue weighted by Crippen LogP contribution is 2.30. The summed E-state index contributed by atoms with van der Waals surface area (Å²) < 4.78 is 3.65. The predicted molar refractivity (Wildman–Crippen MR) is 110 cm³/mol. The first-order valence-electron chi connectivity index (χ1n) is 8.84. The molecule has 7 nitrogen and oxygen atoms in total. The number of hydrogen-bond donors (Lipinski definition) is 1. The maximum Gasteiger partial charge on any atom is 0.159 e. The lowest BCUT2D eigenvalue weighted by Gasteiger charge is -2.07. The van der Waals surface area contributed by atoms with Crippen LogP contribution in [0, 0.1) is 20.8 Å². The minimum Gasteiger partial charge on any atom is -0.323 e. The molecule has 1 N–H and O–H groups in total. The molecule has 0 fully saturated rings. The summed E-state index contributed by atoms with van der Waals surface area (Å²) in [5, 5.41) is 13.1. The number of anilines is 2. The Bertz CT molecular complexity index is 1140. The van der Waals surface area contributed by atoms with Gasteiger partial charge in [0.25, 0.3) is 0 Å². The van der Waals surface area contributed by atoms with Crippen molar-refractivity contribution in [1.82, 2.24) is 29.5 Å². The first-order valence-corrected chi connectivity index (χ1v) is 9.22. The summed E-state index contributed by atoms with van der Waals surface area (Å²) in [6, 6.07) is 11.6. The predicted octanol–water partition coefficient (Wildman–Crippen LogP) is 4.39. The molecule has 0 radical (unpaired) electrons. The van der Waals surface area contributed by atoms with Crippen LogP contribution in [0.3, 0.4) is 0 Å². The van der Waals surface area contributed by atoms with Gasteiger partial charge in [-0.2, -0.15) is 10.2 Å². The molecular weight excluding hydrogens is 374 g/mol. The summed E-state index contributed by atoms with van der Waals surface area (Å²) in [7, 11) is 1.92. The van der Waals surface area contributed by atoms with Gasteiger partial charge in [0, 0.05) is 35.0 Å². The molecule has 4 aromatic rings. The molecule has 1 aromatic carbocycles. The van der Waals surface area contributed by atoms with E-state index in [1.807, 2.05) is 68.9 Å². The lowest BCUT2D eigenvalue weighted by molar-refractivity contribution is 0.778. The highest BCUT2D eigenvalue weighted by molar-refractivity contribution is 6.30. The number of halogens is 1. The minimum atomic E-state index is 0.654. The third-order valence-electron chi connectivity index (χ3n) is 4.53. The van der Waals surface area contributed by atoms with Crippen LogP contribution < -0.4 is 5.32 Å². The zero-order valence-electron chi connectivity index (χ0n) is 16.1. The normalized spacial score (nSPS) is 11.0. The van der Waals surface area contributed by atoms with Crippen molar-refractivity contribution < 1.29 is 0 Å². The Morgan fingerprint density at radius 2 is 1.71 bits per heavy atom. The van der Waals surface area contributed by atoms with E-state index in [1.54, 1.807) is 4.68 Å². The van der Waals surface area contributed by atoms with E-state index in [0.29, 0.717) is 16.7 Å². The average molecular weight is 394 g/mol. The number of nitrogens with one attached hydrogen (secondary N) is 1. The SMILES string of the molecule is Cc1cc(C)n(-c2cc(Nc3nn(C)c(-c4ccc(Cl)cc4)c3C)ncn2)n1. The van der Waals surface area contributed by atoms with Gasteiger partial charge in [-0.15, -0.1) is 0 Å². The van der Waals surface area contributed by atoms with Gasteiger partial charge in [-0.05, 0) is 39.0 Å². The van der Waals surface area contributed by atoms with Gasteiger partial charge in [0.05, 0.1) is 11.4 Å². The molecule has 0 amide bonds. The molecule has 0 unspecified atom stereocenters. The van der Waals surface area contributed by atoms with Crippen LogP contribution in [-0.2, 0) is 7.05 Å². The Morgan fingerprint density at radius 3 is 2.39 bits per heavy atom. The fourth-order valence-electron chi connectivity index (χ4n) is 3.27. The summed E-state index contributed by atoms with van der Waals surface area (Å²) in [6.45, 7) is 5.98. The second-order valence-corrected chi connectivity index (χ2v) is 7.11. The Kier molecular flexibility index (Phi) is 4.60. The standard InChI is InChI=1S/C20H20ClN7/c1-12-9-13(2)28(25-12)18-10-17(22-11-23-18)24-20-14(3)19(27(4)26-20)15-5-7-16(21)8-6-15/h5-11H,1-4H3,(H,22,23,24,26). The van der Waals surface area contributed by atoms with Crippen molar-refractivity contribution in [3.8, 4) is 17.1 Å². The van der Waals surface area contributed by atoms with Gasteiger partial charge in [-0.1, -0.05) is 23.7 Å². The lowest BCUT2D eigenvalue weighted by atomic mass is 10.1. The second-order valence-electron chi connectivity index (χ2n) is 6.68. The lowest BCUT2D eigenvalue weighted by Crippen LogP contribution is -2.04. The molecule has 0 aliphatic heterocycles. The third kappa shape index (κ3) is 3.36. The number of benzene rings is 1. The van der Waals surface area contributed by atoms with Crippen molar-refractivity contribution in [2.45, 2.75) is 20.8 Å². The molecule has 0 bridgehead atoms. The van der Waals surface area contributed by atoms with Gasteiger partial charge in [-0.25, -0.2) is 14.6 Å². The molecule has 0 aliphatic rings. The molecule has 28 heavy (non-hydrogen) atoms. The second kappa shape index (κ2) is 7.09. The Hall–Kier alpha value is -3.19. The first-order chi connectivity index (χ1) is 13.4. The zero-order valence-corrected chi connectivity index (χ0v) is 16.9. The van der Waals surface area contributed by atoms with Crippen molar-refractivity contribution in [3.05, 3.63) is 64.7 Å². The number of aryl methyl sites for hydroxylation is 3. The largest absolute Gasteiger partial charge is 0.323 e. The summed E-state index contributed by atoms with van der Waals surface area (Å²) in [5.74, 6) is 2.10. The Morgan fingerprint density at radius 1 is 0.964 bits per heavy atom. The van der Waals surface area contributed by atoms with Gasteiger partial charge < -0.3 is 5.32 Å². The van der Waals surface area contributed by atoms with Crippen LogP contribution in [0.2, 0.25) is 5.02 Å². The van der Waals surface area contributed by atoms with E-state index in [4.69, 9.17) is 11.6 Å². The smallest absolute Gasteiger partial charge is 0.159 e. The highest BCUT2D eigenvalue weighted by Gasteiger charge is 2.15. The molecule has 3 aromatic heterocycles. The van der Waals surface area contributed by atoms with E-state index >= 15 is 0 Å². The van der Waals surface area contributed by atoms with Crippen LogP contribution in [0.5, 0.6) is 0 Å². The third-order valence-corrected chi connectivity index (χ3v) is 4.78. The molecule has 0 atom stereocenters. The number of aromatic nitrogens is 6. The maximum absolute atomic E-state index is 6.01. The number of nitrogens with zero attached hydrogens (tertiary/aromatic N) is 6. The maximum atomic E-state index is 6.01. The fourth-order valence-corrected chi connectivity index (χ4v) is 3.40. The molecular formula is C20H20ClN7. The Balaban J connectivity index is 1.67. The van der Waals surface area contributed by atoms with E-state index < -0.39 is 0 Å². The van der Waals surface area contributed by atoms with E-state index in [0.717, 1.165) is 34.0 Å². The van der Waals surface area contributed by atoms with Crippen LogP contribution >= 0.6 is 11.6 Å². The molecule has 0 spiro atoms. The monoisotopic (exact) mass is 393 g/mol. The van der Waals surface area contributed by atoms with Crippen LogP contribution in [0.25, 0.3) is 17.1 Å². The van der Waals surface area contributed by atoms with E-state index in [9.17, 15) is 0 Å². The molecule has 3 heterocycles. The fraction of sp³-hybridized carbons (Fsp3) is 0.200. The Labute approximate surface area is 168 Å². The average Bonchev–Trinajstić information content (AvgIpc) is 3.14. The van der Waals surface area contributed by atoms with Crippen molar-refractivity contribution in [2.75, 3.05) is 5.32 Å². The van der Waals surface area contributed by atoms with Crippen molar-refractivity contribution in [3.63, 3.8) is 0 Å². The molecule has 8 heteroatoms. The summed E-state index contributed by atoms with van der Waals surface area (Å²) >= 11 is 6.01. The molecule has 0 saturated carbocycles. The summed E-state index contributed by atoms with van der Waals surface area (Å²) in [6.07, 6.45) is 1.52. The van der Waals surface area contributed by atoms with Gasteiger partial charge >= 0.3 is 0 Å². The van der Waals surface area contributed by atoms with Crippen LogP contribution in [0.15, 0.2) is 42.7 Å². The summed E-state index contributed by atoms with van der Waals surface area (Å²) in [4.78, 5) is 8.67. The van der Waals surface area contributed by atoms with Gasteiger partial charge in [0.15, 0.2) is 11.6 Å². The quantitative estimate of drug-likeness (QED) is 0.556. The molecule has 0 saturated heterocycles. The van der Waals surface area contributed by atoms with E-state index in [1.165, 1.54) is 6.33 Å². The van der Waals surface area contributed by atoms with E-state index in [2.05, 4.69) is 25.5 Å². The van der Waals surface area contributed by atoms with Crippen LogP contribution in [0.4, 0.5) is 11.6 Å². The number of hydrogen-bond acceptors (Lipinski definition) is 5. The van der Waals surface area contributed by atoms with Crippen molar-refractivity contribution in [1.29, 1.82) is 0 Å². The van der Waals surface area contributed by atoms with Crippen LogP contribution in [0.1, 0.15) is 17.0 Å². The van der Waals surface area contributed by atoms with Crippen molar-refractivity contribution >= 4 is 23.2 Å². The molecule has 0 aliphatic carbocycles. The van der Waals surface area contributed by atoms with Crippen LogP contribution in [-0.4, -0.2) is 29.5 Å². The zero-order chi connectivity index (χ0) is 19.8. The molecule has 142 valence electrons.